The fourth-order valence-corrected chi connectivity index (χ4v) is 2.49. The Morgan fingerprint density at radius 2 is 2.28 bits per heavy atom. The number of pyridine rings is 1. The van der Waals surface area contributed by atoms with Crippen molar-refractivity contribution in [3.8, 4) is 6.07 Å². The average Bonchev–Trinajstić information content (AvgIpc) is 2.37. The maximum atomic E-state index is 12.2. The van der Waals surface area contributed by atoms with Crippen LogP contribution in [0.5, 0.6) is 0 Å². The SMILES string of the molecule is CCCCn1c2c(cc(C#N)c1=O)CN(C)CC2. The van der Waals surface area contributed by atoms with Gasteiger partial charge in [0.15, 0.2) is 0 Å². The summed E-state index contributed by atoms with van der Waals surface area (Å²) in [6.07, 6.45) is 2.94. The summed E-state index contributed by atoms with van der Waals surface area (Å²) in [6.45, 7) is 4.65. The second kappa shape index (κ2) is 5.36. The van der Waals surface area contributed by atoms with Crippen LogP contribution in [0.15, 0.2) is 10.9 Å². The fourth-order valence-electron chi connectivity index (χ4n) is 2.49. The smallest absolute Gasteiger partial charge is 0.268 e. The maximum Gasteiger partial charge on any atom is 0.268 e. The average molecular weight is 245 g/mol. The minimum Gasteiger partial charge on any atom is -0.311 e. The number of nitriles is 1. The van der Waals surface area contributed by atoms with Crippen molar-refractivity contribution >= 4 is 0 Å². The lowest BCUT2D eigenvalue weighted by Crippen LogP contribution is -2.35. The molecule has 0 amide bonds. The Kier molecular flexibility index (Phi) is 3.83. The molecule has 96 valence electrons. The molecule has 1 aliphatic rings. The number of nitrogens with zero attached hydrogens (tertiary/aromatic N) is 3. The maximum absolute atomic E-state index is 12.2. The fraction of sp³-hybridized carbons (Fsp3) is 0.571. The first-order chi connectivity index (χ1) is 8.67. The second-order valence-corrected chi connectivity index (χ2v) is 4.94. The molecule has 4 heteroatoms. The highest BCUT2D eigenvalue weighted by Gasteiger charge is 2.19. The van der Waals surface area contributed by atoms with Gasteiger partial charge in [0.2, 0.25) is 0 Å². The third-order valence-corrected chi connectivity index (χ3v) is 3.52. The van der Waals surface area contributed by atoms with Crippen LogP contribution in [0.1, 0.15) is 36.6 Å². The summed E-state index contributed by atoms with van der Waals surface area (Å²) in [5, 5.41) is 9.06. The molecule has 0 saturated carbocycles. The van der Waals surface area contributed by atoms with E-state index in [-0.39, 0.29) is 11.1 Å². The van der Waals surface area contributed by atoms with E-state index in [4.69, 9.17) is 5.26 Å². The number of hydrogen-bond donors (Lipinski definition) is 0. The molecule has 0 saturated heterocycles. The first-order valence-corrected chi connectivity index (χ1v) is 6.51. The summed E-state index contributed by atoms with van der Waals surface area (Å²) in [7, 11) is 2.07. The highest BCUT2D eigenvalue weighted by molar-refractivity contribution is 5.35. The van der Waals surface area contributed by atoms with Crippen LogP contribution < -0.4 is 5.56 Å². The largest absolute Gasteiger partial charge is 0.311 e. The zero-order valence-electron chi connectivity index (χ0n) is 11.1. The number of fused-ring (bicyclic) bond motifs is 1. The second-order valence-electron chi connectivity index (χ2n) is 4.94. The Morgan fingerprint density at radius 1 is 1.50 bits per heavy atom. The van der Waals surface area contributed by atoms with Gasteiger partial charge in [0.1, 0.15) is 11.6 Å². The van der Waals surface area contributed by atoms with Crippen LogP contribution in [0.2, 0.25) is 0 Å². The Morgan fingerprint density at radius 3 is 2.94 bits per heavy atom. The predicted octanol–water partition coefficient (Wildman–Crippen LogP) is 1.51. The first-order valence-electron chi connectivity index (χ1n) is 6.51. The van der Waals surface area contributed by atoms with E-state index in [2.05, 4.69) is 18.9 Å². The van der Waals surface area contributed by atoms with Gasteiger partial charge in [0.05, 0.1) is 0 Å². The molecule has 1 aromatic rings. The molecule has 4 nitrogen and oxygen atoms in total. The van der Waals surface area contributed by atoms with Gasteiger partial charge in [-0.2, -0.15) is 5.26 Å². The Hall–Kier alpha value is -1.60. The third kappa shape index (κ3) is 2.32. The molecule has 1 aliphatic heterocycles. The summed E-state index contributed by atoms with van der Waals surface area (Å²) < 4.78 is 1.82. The number of unbranched alkanes of at least 4 members (excludes halogenated alkanes) is 1. The van der Waals surface area contributed by atoms with Crippen molar-refractivity contribution in [1.82, 2.24) is 9.47 Å². The van der Waals surface area contributed by atoms with Crippen LogP contribution in [0.3, 0.4) is 0 Å². The summed E-state index contributed by atoms with van der Waals surface area (Å²) >= 11 is 0. The van der Waals surface area contributed by atoms with Crippen LogP contribution in [0.4, 0.5) is 0 Å². The summed E-state index contributed by atoms with van der Waals surface area (Å²) in [5.41, 5.74) is 2.43. The molecule has 0 aliphatic carbocycles. The van der Waals surface area contributed by atoms with Gasteiger partial charge in [0.25, 0.3) is 5.56 Å². The van der Waals surface area contributed by atoms with Gasteiger partial charge in [-0.15, -0.1) is 0 Å². The Balaban J connectivity index is 2.52. The van der Waals surface area contributed by atoms with Gasteiger partial charge in [-0.25, -0.2) is 0 Å². The monoisotopic (exact) mass is 245 g/mol. The molecule has 0 N–H and O–H groups in total. The van der Waals surface area contributed by atoms with E-state index in [0.717, 1.165) is 50.2 Å². The predicted molar refractivity (Wildman–Crippen MR) is 70.4 cm³/mol. The molecular weight excluding hydrogens is 226 g/mol. The van der Waals surface area contributed by atoms with Crippen molar-refractivity contribution in [2.24, 2.45) is 0 Å². The van der Waals surface area contributed by atoms with Crippen molar-refractivity contribution < 1.29 is 0 Å². The molecule has 0 bridgehead atoms. The molecule has 18 heavy (non-hydrogen) atoms. The van der Waals surface area contributed by atoms with Crippen LogP contribution in [0.25, 0.3) is 0 Å². The number of hydrogen-bond acceptors (Lipinski definition) is 3. The molecule has 1 aromatic heterocycles. The van der Waals surface area contributed by atoms with E-state index in [9.17, 15) is 4.79 Å². The molecule has 2 heterocycles. The summed E-state index contributed by atoms with van der Waals surface area (Å²) in [5.74, 6) is 0. The van der Waals surface area contributed by atoms with Gasteiger partial charge in [0, 0.05) is 31.7 Å². The number of aromatic nitrogens is 1. The molecule has 0 atom stereocenters. The van der Waals surface area contributed by atoms with Gasteiger partial charge >= 0.3 is 0 Å². The summed E-state index contributed by atoms with van der Waals surface area (Å²) in [4.78, 5) is 14.4. The van der Waals surface area contributed by atoms with Gasteiger partial charge in [-0.05, 0) is 25.1 Å². The minimum atomic E-state index is -0.116. The highest BCUT2D eigenvalue weighted by Crippen LogP contribution is 2.18. The normalized spacial score (nSPS) is 15.2. The van der Waals surface area contributed by atoms with Gasteiger partial charge in [-0.3, -0.25) is 4.79 Å². The number of rotatable bonds is 3. The highest BCUT2D eigenvalue weighted by atomic mass is 16.1. The molecule has 0 spiro atoms. The van der Waals surface area contributed by atoms with Crippen LogP contribution >= 0.6 is 0 Å². The molecule has 2 rings (SSSR count). The van der Waals surface area contributed by atoms with Crippen molar-refractivity contribution in [2.75, 3.05) is 13.6 Å². The minimum absolute atomic E-state index is 0.116. The van der Waals surface area contributed by atoms with E-state index >= 15 is 0 Å². The van der Waals surface area contributed by atoms with E-state index in [1.807, 2.05) is 10.6 Å². The van der Waals surface area contributed by atoms with E-state index in [1.54, 1.807) is 6.07 Å². The molecule has 0 fully saturated rings. The summed E-state index contributed by atoms with van der Waals surface area (Å²) in [6, 6.07) is 3.80. The van der Waals surface area contributed by atoms with Gasteiger partial charge in [-0.1, -0.05) is 13.3 Å². The Labute approximate surface area is 107 Å². The lowest BCUT2D eigenvalue weighted by Gasteiger charge is -2.27. The Bertz CT molecular complexity index is 539. The zero-order chi connectivity index (χ0) is 13.1. The van der Waals surface area contributed by atoms with Crippen LogP contribution in [0, 0.1) is 11.3 Å². The topological polar surface area (TPSA) is 49.0 Å². The standard InChI is InChI=1S/C14H19N3O/c1-3-4-6-17-13-5-7-16(2)10-12(13)8-11(9-15)14(17)18/h8H,3-7,10H2,1-2H3. The van der Waals surface area contributed by atoms with Crippen molar-refractivity contribution in [2.45, 2.75) is 39.3 Å². The van der Waals surface area contributed by atoms with E-state index < -0.39 is 0 Å². The number of likely N-dealkylation sites (N-methyl/N-ethyl adjacent to an activating group) is 1. The van der Waals surface area contributed by atoms with Crippen LogP contribution in [-0.4, -0.2) is 23.1 Å². The van der Waals surface area contributed by atoms with E-state index in [0.29, 0.717) is 0 Å². The third-order valence-electron chi connectivity index (χ3n) is 3.52. The lowest BCUT2D eigenvalue weighted by atomic mass is 10.0. The molecular formula is C14H19N3O. The van der Waals surface area contributed by atoms with E-state index in [1.165, 1.54) is 0 Å². The van der Waals surface area contributed by atoms with Crippen molar-refractivity contribution in [3.63, 3.8) is 0 Å². The lowest BCUT2D eigenvalue weighted by molar-refractivity contribution is 0.303. The van der Waals surface area contributed by atoms with Crippen molar-refractivity contribution in [1.29, 1.82) is 5.26 Å². The molecule has 0 radical (unpaired) electrons. The quantitative estimate of drug-likeness (QED) is 0.811. The van der Waals surface area contributed by atoms with Crippen molar-refractivity contribution in [3.05, 3.63) is 33.2 Å². The van der Waals surface area contributed by atoms with Crippen LogP contribution in [-0.2, 0) is 19.5 Å². The molecule has 0 aromatic carbocycles. The molecule has 0 unspecified atom stereocenters. The first kappa shape index (κ1) is 12.8. The zero-order valence-corrected chi connectivity index (χ0v) is 11.1. The van der Waals surface area contributed by atoms with Gasteiger partial charge < -0.3 is 9.47 Å².